The van der Waals surface area contributed by atoms with Crippen LogP contribution in [0.15, 0.2) is 85.1 Å². The molecular weight excluding hydrogens is 366 g/mol. The first kappa shape index (κ1) is 19.1. The summed E-state index contributed by atoms with van der Waals surface area (Å²) in [4.78, 5) is 5.16. The molecule has 1 aliphatic heterocycles. The average molecular weight is 396 g/mol. The van der Waals surface area contributed by atoms with E-state index in [1.54, 1.807) is 0 Å². The van der Waals surface area contributed by atoms with Crippen molar-refractivity contribution in [1.82, 2.24) is 14.4 Å². The Labute approximate surface area is 179 Å². The van der Waals surface area contributed by atoms with E-state index in [1.807, 2.05) is 0 Å². The van der Waals surface area contributed by atoms with Gasteiger partial charge in [0.25, 0.3) is 0 Å². The van der Waals surface area contributed by atoms with Gasteiger partial charge in [-0.2, -0.15) is 0 Å². The van der Waals surface area contributed by atoms with Crippen LogP contribution in [0.2, 0.25) is 0 Å². The highest BCUT2D eigenvalue weighted by Crippen LogP contribution is 2.31. The smallest absolute Gasteiger partial charge is 0.0484 e. The van der Waals surface area contributed by atoms with Gasteiger partial charge in [0.1, 0.15) is 0 Å². The summed E-state index contributed by atoms with van der Waals surface area (Å²) in [5.74, 6) is 0. The van der Waals surface area contributed by atoms with Crippen molar-refractivity contribution in [2.24, 2.45) is 7.05 Å². The second kappa shape index (κ2) is 8.47. The summed E-state index contributed by atoms with van der Waals surface area (Å²) in [5, 5.41) is 1.35. The van der Waals surface area contributed by atoms with Crippen molar-refractivity contribution >= 4 is 10.9 Å². The van der Waals surface area contributed by atoms with Gasteiger partial charge >= 0.3 is 0 Å². The molecule has 4 aromatic rings. The zero-order valence-corrected chi connectivity index (χ0v) is 17.7. The lowest BCUT2D eigenvalue weighted by atomic mass is 10.0. The second-order valence-corrected chi connectivity index (χ2v) is 8.41. The van der Waals surface area contributed by atoms with Crippen LogP contribution in [0.5, 0.6) is 0 Å². The lowest BCUT2D eigenvalue weighted by Gasteiger charge is -2.34. The lowest BCUT2D eigenvalue weighted by molar-refractivity contribution is 0.122. The van der Waals surface area contributed by atoms with E-state index in [-0.39, 0.29) is 0 Å². The minimum atomic E-state index is 1.03. The van der Waals surface area contributed by atoms with Crippen molar-refractivity contribution in [1.29, 1.82) is 0 Å². The molecule has 3 aromatic carbocycles. The fourth-order valence-electron chi connectivity index (χ4n) is 4.59. The molecular formula is C27H29N3. The van der Waals surface area contributed by atoms with Gasteiger partial charge in [0.15, 0.2) is 0 Å². The summed E-state index contributed by atoms with van der Waals surface area (Å²) < 4.78 is 2.24. The van der Waals surface area contributed by atoms with Crippen LogP contribution in [-0.2, 0) is 20.1 Å². The van der Waals surface area contributed by atoms with E-state index in [0.717, 1.165) is 39.3 Å². The number of benzene rings is 3. The van der Waals surface area contributed by atoms with Gasteiger partial charge in [0.2, 0.25) is 0 Å². The van der Waals surface area contributed by atoms with Gasteiger partial charge in [-0.15, -0.1) is 0 Å². The third-order valence-corrected chi connectivity index (χ3v) is 6.26. The molecule has 3 nitrogen and oxygen atoms in total. The Morgan fingerprint density at radius 1 is 0.667 bits per heavy atom. The van der Waals surface area contributed by atoms with E-state index in [1.165, 1.54) is 33.2 Å². The van der Waals surface area contributed by atoms with Gasteiger partial charge in [0, 0.05) is 69.0 Å². The Morgan fingerprint density at radius 2 is 1.27 bits per heavy atom. The van der Waals surface area contributed by atoms with Gasteiger partial charge in [-0.1, -0.05) is 66.7 Å². The summed E-state index contributed by atoms with van der Waals surface area (Å²) in [5.41, 5.74) is 6.72. The Morgan fingerprint density at radius 3 is 1.93 bits per heavy atom. The monoisotopic (exact) mass is 395 g/mol. The van der Waals surface area contributed by atoms with E-state index in [9.17, 15) is 0 Å². The average Bonchev–Trinajstić information content (AvgIpc) is 3.12. The number of fused-ring (bicyclic) bond motifs is 1. The van der Waals surface area contributed by atoms with Crippen LogP contribution in [-0.4, -0.2) is 40.5 Å². The number of aryl methyl sites for hydroxylation is 1. The molecule has 1 aromatic heterocycles. The molecule has 1 fully saturated rings. The quantitative estimate of drug-likeness (QED) is 0.462. The third-order valence-electron chi connectivity index (χ3n) is 6.26. The molecule has 3 heteroatoms. The van der Waals surface area contributed by atoms with E-state index in [0.29, 0.717) is 0 Å². The second-order valence-electron chi connectivity index (χ2n) is 8.41. The highest BCUT2D eigenvalue weighted by Gasteiger charge is 2.18. The molecule has 0 atom stereocenters. The van der Waals surface area contributed by atoms with Crippen LogP contribution in [0.3, 0.4) is 0 Å². The molecule has 0 N–H and O–H groups in total. The van der Waals surface area contributed by atoms with Crippen molar-refractivity contribution in [3.63, 3.8) is 0 Å². The molecule has 0 radical (unpaired) electrons. The highest BCUT2D eigenvalue weighted by molar-refractivity contribution is 5.96. The standard InChI is InChI=1S/C27H29N3/c1-28-21-26(24-10-6-3-7-11-24)25-18-23(12-13-27(25)28)20-30-16-14-29(15-17-30)19-22-8-4-2-5-9-22/h2-13,18,21H,14-17,19-20H2,1H3. The molecule has 30 heavy (non-hydrogen) atoms. The first-order valence-electron chi connectivity index (χ1n) is 10.9. The van der Waals surface area contributed by atoms with E-state index >= 15 is 0 Å². The number of hydrogen-bond acceptors (Lipinski definition) is 2. The Kier molecular flexibility index (Phi) is 5.39. The normalized spacial score (nSPS) is 15.6. The van der Waals surface area contributed by atoms with Crippen LogP contribution in [0.1, 0.15) is 11.1 Å². The molecule has 1 saturated heterocycles. The number of nitrogens with zero attached hydrogens (tertiary/aromatic N) is 3. The minimum Gasteiger partial charge on any atom is -0.350 e. The van der Waals surface area contributed by atoms with Crippen molar-refractivity contribution in [2.75, 3.05) is 26.2 Å². The molecule has 5 rings (SSSR count). The first-order chi connectivity index (χ1) is 14.8. The maximum Gasteiger partial charge on any atom is 0.0484 e. The van der Waals surface area contributed by atoms with E-state index in [4.69, 9.17) is 0 Å². The lowest BCUT2D eigenvalue weighted by Crippen LogP contribution is -2.45. The van der Waals surface area contributed by atoms with Crippen LogP contribution < -0.4 is 0 Å². The summed E-state index contributed by atoms with van der Waals surface area (Å²) >= 11 is 0. The number of piperazine rings is 1. The van der Waals surface area contributed by atoms with Gasteiger partial charge in [0.05, 0.1) is 0 Å². The molecule has 0 spiro atoms. The maximum absolute atomic E-state index is 2.59. The van der Waals surface area contributed by atoms with Crippen molar-refractivity contribution < 1.29 is 0 Å². The van der Waals surface area contributed by atoms with Gasteiger partial charge in [-0.05, 0) is 28.8 Å². The number of rotatable bonds is 5. The molecule has 2 heterocycles. The molecule has 152 valence electrons. The number of hydrogen-bond donors (Lipinski definition) is 0. The zero-order valence-electron chi connectivity index (χ0n) is 17.7. The number of aromatic nitrogens is 1. The van der Waals surface area contributed by atoms with Crippen molar-refractivity contribution in [3.8, 4) is 11.1 Å². The molecule has 0 bridgehead atoms. The predicted molar refractivity (Wildman–Crippen MR) is 125 cm³/mol. The maximum atomic E-state index is 2.59. The van der Waals surface area contributed by atoms with Crippen LogP contribution in [0.4, 0.5) is 0 Å². The van der Waals surface area contributed by atoms with Gasteiger partial charge in [-0.3, -0.25) is 9.80 Å². The summed E-state index contributed by atoms with van der Waals surface area (Å²) in [6.07, 6.45) is 2.26. The minimum absolute atomic E-state index is 1.03. The third kappa shape index (κ3) is 4.04. The van der Waals surface area contributed by atoms with Crippen molar-refractivity contribution in [3.05, 3.63) is 96.2 Å². The molecule has 0 amide bonds. The van der Waals surface area contributed by atoms with E-state index in [2.05, 4.69) is 106 Å². The Bertz CT molecular complexity index is 1110. The molecule has 1 aliphatic rings. The summed E-state index contributed by atoms with van der Waals surface area (Å²) in [6, 6.07) is 28.5. The highest BCUT2D eigenvalue weighted by atomic mass is 15.3. The predicted octanol–water partition coefficient (Wildman–Crippen LogP) is 5.16. The van der Waals surface area contributed by atoms with Crippen molar-refractivity contribution in [2.45, 2.75) is 13.1 Å². The van der Waals surface area contributed by atoms with Gasteiger partial charge < -0.3 is 4.57 Å². The van der Waals surface area contributed by atoms with Crippen LogP contribution in [0.25, 0.3) is 22.0 Å². The molecule has 0 aliphatic carbocycles. The topological polar surface area (TPSA) is 11.4 Å². The Hall–Kier alpha value is -2.88. The first-order valence-corrected chi connectivity index (χ1v) is 10.9. The van der Waals surface area contributed by atoms with E-state index < -0.39 is 0 Å². The van der Waals surface area contributed by atoms with Crippen LogP contribution in [0, 0.1) is 0 Å². The van der Waals surface area contributed by atoms with Gasteiger partial charge in [-0.25, -0.2) is 0 Å². The fourth-order valence-corrected chi connectivity index (χ4v) is 4.59. The molecule has 0 saturated carbocycles. The summed E-state index contributed by atoms with van der Waals surface area (Å²) in [7, 11) is 2.14. The molecule has 0 unspecified atom stereocenters. The largest absolute Gasteiger partial charge is 0.350 e. The Balaban J connectivity index is 1.28. The zero-order chi connectivity index (χ0) is 20.3. The summed E-state index contributed by atoms with van der Waals surface area (Å²) in [6.45, 7) is 6.62. The SMILES string of the molecule is Cn1cc(-c2ccccc2)c2cc(CN3CCN(Cc4ccccc4)CC3)ccc21. The van der Waals surface area contributed by atoms with Crippen LogP contribution >= 0.6 is 0 Å². The fraction of sp³-hybridized carbons (Fsp3) is 0.259.